The number of fused-ring (bicyclic) bond motifs is 1. The Morgan fingerprint density at radius 3 is 2.52 bits per heavy atom. The first-order chi connectivity index (χ1) is 14.7. The lowest BCUT2D eigenvalue weighted by molar-refractivity contribution is -0.140. The van der Waals surface area contributed by atoms with Crippen LogP contribution in [0.1, 0.15) is 35.2 Å². The number of rotatable bonds is 9. The Balaban J connectivity index is 1.55. The summed E-state index contributed by atoms with van der Waals surface area (Å²) in [7, 11) is 0. The molecule has 3 atom stereocenters. The molecular formula is C20H23N5O6. The number of hydrogen-bond acceptors (Lipinski definition) is 7. The van der Waals surface area contributed by atoms with E-state index in [1.165, 1.54) is 0 Å². The van der Waals surface area contributed by atoms with Gasteiger partial charge in [-0.2, -0.15) is 0 Å². The first-order valence-electron chi connectivity index (χ1n) is 9.68. The second kappa shape index (κ2) is 9.28. The van der Waals surface area contributed by atoms with Crippen LogP contribution in [0.15, 0.2) is 41.0 Å². The van der Waals surface area contributed by atoms with Gasteiger partial charge in [0.2, 0.25) is 5.91 Å². The van der Waals surface area contributed by atoms with Crippen molar-refractivity contribution in [2.45, 2.75) is 37.9 Å². The van der Waals surface area contributed by atoms with E-state index in [2.05, 4.69) is 20.9 Å². The SMILES string of the molecule is NC1=NC2NC=C(CCc3ccc(C(=O)N[C@@H](CCC(=O)O)C(=O)O)cc3)C2C(=O)N1. The van der Waals surface area contributed by atoms with Crippen LogP contribution in [0.2, 0.25) is 0 Å². The van der Waals surface area contributed by atoms with E-state index in [4.69, 9.17) is 15.9 Å². The predicted octanol–water partition coefficient (Wildman–Crippen LogP) is -0.459. The Labute approximate surface area is 177 Å². The van der Waals surface area contributed by atoms with E-state index in [1.54, 1.807) is 30.5 Å². The summed E-state index contributed by atoms with van der Waals surface area (Å²) >= 11 is 0. The first kappa shape index (κ1) is 21.8. The van der Waals surface area contributed by atoms with Gasteiger partial charge in [-0.1, -0.05) is 12.1 Å². The lowest BCUT2D eigenvalue weighted by Crippen LogP contribution is -2.50. The molecule has 11 nitrogen and oxygen atoms in total. The highest BCUT2D eigenvalue weighted by Crippen LogP contribution is 2.28. The molecule has 0 radical (unpaired) electrons. The zero-order chi connectivity index (χ0) is 22.5. The predicted molar refractivity (Wildman–Crippen MR) is 109 cm³/mol. The van der Waals surface area contributed by atoms with Gasteiger partial charge in [-0.3, -0.25) is 19.7 Å². The fraction of sp³-hybridized carbons (Fsp3) is 0.350. The Hall–Kier alpha value is -3.89. The number of nitrogens with two attached hydrogens (primary N) is 1. The summed E-state index contributed by atoms with van der Waals surface area (Å²) in [6, 6.07) is 5.36. The first-order valence-corrected chi connectivity index (χ1v) is 9.68. The van der Waals surface area contributed by atoms with Crippen LogP contribution < -0.4 is 21.7 Å². The number of guanidine groups is 1. The molecule has 0 aromatic heterocycles. The fourth-order valence-corrected chi connectivity index (χ4v) is 3.50. The molecule has 1 aromatic rings. The third-order valence-electron chi connectivity index (χ3n) is 5.14. The molecule has 2 amide bonds. The monoisotopic (exact) mass is 429 g/mol. The van der Waals surface area contributed by atoms with Crippen molar-refractivity contribution in [2.24, 2.45) is 16.6 Å². The van der Waals surface area contributed by atoms with Crippen molar-refractivity contribution in [3.8, 4) is 0 Å². The molecule has 11 heteroatoms. The van der Waals surface area contributed by atoms with E-state index in [1.807, 2.05) is 0 Å². The second-order valence-corrected chi connectivity index (χ2v) is 7.31. The maximum atomic E-state index is 12.3. The van der Waals surface area contributed by atoms with Crippen LogP contribution in [-0.4, -0.2) is 52.1 Å². The molecule has 2 aliphatic heterocycles. The van der Waals surface area contributed by atoms with Crippen molar-refractivity contribution in [2.75, 3.05) is 0 Å². The summed E-state index contributed by atoms with van der Waals surface area (Å²) in [6.45, 7) is 0. The van der Waals surface area contributed by atoms with Crippen molar-refractivity contribution in [1.82, 2.24) is 16.0 Å². The van der Waals surface area contributed by atoms with Gasteiger partial charge in [0.05, 0.1) is 0 Å². The van der Waals surface area contributed by atoms with E-state index in [9.17, 15) is 19.2 Å². The smallest absolute Gasteiger partial charge is 0.326 e. The van der Waals surface area contributed by atoms with Gasteiger partial charge in [-0.15, -0.1) is 0 Å². The molecule has 0 saturated heterocycles. The molecular weight excluding hydrogens is 406 g/mol. The third-order valence-corrected chi connectivity index (χ3v) is 5.14. The van der Waals surface area contributed by atoms with Gasteiger partial charge in [-0.25, -0.2) is 9.79 Å². The normalized spacial score (nSPS) is 20.5. The van der Waals surface area contributed by atoms with Gasteiger partial charge in [-0.05, 0) is 48.7 Å². The minimum absolute atomic E-state index is 0.0929. The van der Waals surface area contributed by atoms with Gasteiger partial charge in [0.1, 0.15) is 18.1 Å². The molecule has 2 unspecified atom stereocenters. The highest BCUT2D eigenvalue weighted by atomic mass is 16.4. The molecule has 0 spiro atoms. The van der Waals surface area contributed by atoms with Crippen molar-refractivity contribution in [3.63, 3.8) is 0 Å². The van der Waals surface area contributed by atoms with Gasteiger partial charge in [0.15, 0.2) is 5.96 Å². The number of carboxylic acid groups (broad SMARTS) is 2. The lowest BCUT2D eigenvalue weighted by atomic mass is 9.92. The second-order valence-electron chi connectivity index (χ2n) is 7.31. The number of aryl methyl sites for hydroxylation is 1. The molecule has 31 heavy (non-hydrogen) atoms. The summed E-state index contributed by atoms with van der Waals surface area (Å²) in [5.74, 6) is -3.53. The number of amides is 2. The number of hydrogen-bond donors (Lipinski definition) is 6. The molecule has 0 bridgehead atoms. The lowest BCUT2D eigenvalue weighted by Gasteiger charge is -2.24. The van der Waals surface area contributed by atoms with Crippen LogP contribution >= 0.6 is 0 Å². The summed E-state index contributed by atoms with van der Waals surface area (Å²) in [4.78, 5) is 50.5. The third kappa shape index (κ3) is 5.38. The quantitative estimate of drug-likeness (QED) is 0.305. The molecule has 3 rings (SSSR count). The molecule has 0 aliphatic carbocycles. The number of carbonyl (C=O) groups is 4. The number of aliphatic imine (C=N–C) groups is 1. The molecule has 2 heterocycles. The number of carboxylic acids is 2. The highest BCUT2D eigenvalue weighted by Gasteiger charge is 2.38. The average molecular weight is 429 g/mol. The van der Waals surface area contributed by atoms with Gasteiger partial charge in [0, 0.05) is 12.0 Å². The number of carbonyl (C=O) groups excluding carboxylic acids is 2. The topological polar surface area (TPSA) is 183 Å². The minimum atomic E-state index is -1.29. The molecule has 164 valence electrons. The molecule has 1 aromatic carbocycles. The van der Waals surface area contributed by atoms with Crippen LogP contribution in [0.5, 0.6) is 0 Å². The standard InChI is InChI=1S/C20H23N5O6/c21-20-24-16-15(18(29)25-20)12(9-22-16)6-3-10-1-4-11(5-2-10)17(28)23-13(19(30)31)7-8-14(26)27/h1-2,4-5,9,13,15-16,22H,3,6-8H2,(H,23,28)(H,26,27)(H,30,31)(H3,21,24,25,29)/t13-,15?,16?/m0/s1. The zero-order valence-corrected chi connectivity index (χ0v) is 16.5. The maximum absolute atomic E-state index is 12.3. The van der Waals surface area contributed by atoms with Crippen molar-refractivity contribution >= 4 is 29.7 Å². The van der Waals surface area contributed by atoms with Crippen LogP contribution in [-0.2, 0) is 20.8 Å². The van der Waals surface area contributed by atoms with E-state index < -0.39 is 36.0 Å². The molecule has 0 saturated carbocycles. The van der Waals surface area contributed by atoms with Gasteiger partial charge in [0.25, 0.3) is 5.91 Å². The van der Waals surface area contributed by atoms with Crippen LogP contribution in [0.25, 0.3) is 0 Å². The molecule has 2 aliphatic rings. The van der Waals surface area contributed by atoms with Gasteiger partial charge >= 0.3 is 11.9 Å². The number of aliphatic carboxylic acids is 2. The summed E-state index contributed by atoms with van der Waals surface area (Å²) < 4.78 is 0. The van der Waals surface area contributed by atoms with Gasteiger partial charge < -0.3 is 26.6 Å². The average Bonchev–Trinajstić information content (AvgIpc) is 3.12. The van der Waals surface area contributed by atoms with Crippen LogP contribution in [0.4, 0.5) is 0 Å². The Bertz CT molecular complexity index is 955. The Morgan fingerprint density at radius 2 is 1.87 bits per heavy atom. The number of nitrogens with zero attached hydrogens (tertiary/aromatic N) is 1. The fourth-order valence-electron chi connectivity index (χ4n) is 3.50. The van der Waals surface area contributed by atoms with E-state index in [0.717, 1.165) is 11.1 Å². The minimum Gasteiger partial charge on any atom is -0.481 e. The number of benzene rings is 1. The van der Waals surface area contributed by atoms with Crippen LogP contribution in [0, 0.1) is 5.92 Å². The summed E-state index contributed by atoms with van der Waals surface area (Å²) in [5.41, 5.74) is 7.67. The molecule has 0 fully saturated rings. The maximum Gasteiger partial charge on any atom is 0.326 e. The van der Waals surface area contributed by atoms with Crippen molar-refractivity contribution in [3.05, 3.63) is 47.2 Å². The zero-order valence-electron chi connectivity index (χ0n) is 16.5. The molecule has 7 N–H and O–H groups in total. The largest absolute Gasteiger partial charge is 0.481 e. The Kier molecular flexibility index (Phi) is 6.53. The Morgan fingerprint density at radius 1 is 1.16 bits per heavy atom. The van der Waals surface area contributed by atoms with Crippen molar-refractivity contribution in [1.29, 1.82) is 0 Å². The summed E-state index contributed by atoms with van der Waals surface area (Å²) in [6.07, 6.45) is 2.06. The number of nitrogens with one attached hydrogen (secondary N) is 3. The van der Waals surface area contributed by atoms with Crippen LogP contribution in [0.3, 0.4) is 0 Å². The summed E-state index contributed by atoms with van der Waals surface area (Å²) in [5, 5.41) is 25.8. The van der Waals surface area contributed by atoms with E-state index >= 15 is 0 Å². The van der Waals surface area contributed by atoms with E-state index in [-0.39, 0.29) is 30.3 Å². The van der Waals surface area contributed by atoms with E-state index in [0.29, 0.717) is 12.8 Å². The highest BCUT2D eigenvalue weighted by molar-refractivity contribution is 6.01. The van der Waals surface area contributed by atoms with Crippen molar-refractivity contribution < 1.29 is 29.4 Å².